The van der Waals surface area contributed by atoms with Gasteiger partial charge in [0.15, 0.2) is 23.3 Å². The maximum Gasteiger partial charge on any atom is 0.254 e. The van der Waals surface area contributed by atoms with Gasteiger partial charge in [0, 0.05) is 31.7 Å². The largest absolute Gasteiger partial charge is 0.363 e. The van der Waals surface area contributed by atoms with Gasteiger partial charge in [-0.2, -0.15) is 0 Å². The van der Waals surface area contributed by atoms with E-state index in [-0.39, 0.29) is 47.7 Å². The summed E-state index contributed by atoms with van der Waals surface area (Å²) in [6.07, 6.45) is 0. The first-order valence-electron chi connectivity index (χ1n) is 7.73. The molecule has 0 radical (unpaired) electrons. The van der Waals surface area contributed by atoms with E-state index >= 15 is 0 Å². The molecule has 0 atom stereocenters. The number of amides is 1. The lowest BCUT2D eigenvalue weighted by atomic mass is 10.1. The third-order valence-corrected chi connectivity index (χ3v) is 4.98. The molecule has 144 valence electrons. The van der Waals surface area contributed by atoms with Crippen molar-refractivity contribution in [3.8, 4) is 0 Å². The first-order chi connectivity index (χ1) is 12.7. The highest BCUT2D eigenvalue weighted by molar-refractivity contribution is 6.42. The van der Waals surface area contributed by atoms with Crippen LogP contribution >= 0.6 is 23.2 Å². The Hall–Kier alpha value is -2.06. The summed E-state index contributed by atoms with van der Waals surface area (Å²) in [5, 5.41) is 0.479. The van der Waals surface area contributed by atoms with Crippen molar-refractivity contribution in [1.82, 2.24) is 4.90 Å². The summed E-state index contributed by atoms with van der Waals surface area (Å²) in [4.78, 5) is 14.9. The molecule has 0 bridgehead atoms. The second kappa shape index (κ2) is 7.52. The summed E-state index contributed by atoms with van der Waals surface area (Å²) < 4.78 is 67.8. The van der Waals surface area contributed by atoms with Crippen molar-refractivity contribution in [2.75, 3.05) is 31.1 Å². The first-order valence-corrected chi connectivity index (χ1v) is 8.48. The zero-order valence-electron chi connectivity index (χ0n) is 13.5. The minimum Gasteiger partial charge on any atom is -0.363 e. The van der Waals surface area contributed by atoms with E-state index in [1.54, 1.807) is 0 Å². The molecule has 0 aromatic heterocycles. The average Bonchev–Trinajstić information content (AvgIpc) is 2.67. The number of hydrogen-bond donors (Lipinski definition) is 0. The van der Waals surface area contributed by atoms with Crippen molar-refractivity contribution < 1.29 is 26.7 Å². The molecule has 1 saturated heterocycles. The Bertz CT molecular complexity index is 888. The molecule has 2 aromatic carbocycles. The Morgan fingerprint density at radius 2 is 1.30 bits per heavy atom. The molecule has 2 aromatic rings. The SMILES string of the molecule is O=C(c1ccc(Cl)c(Cl)c1)N1CCN(c2c(F)c(F)c(F)c(F)c2F)CC1. The molecule has 0 unspecified atom stereocenters. The number of carbonyl (C=O) groups is 1. The fraction of sp³-hybridized carbons (Fsp3) is 0.235. The second-order valence-corrected chi connectivity index (χ2v) is 6.64. The quantitative estimate of drug-likeness (QED) is 0.398. The van der Waals surface area contributed by atoms with Gasteiger partial charge in [-0.1, -0.05) is 23.2 Å². The Kier molecular flexibility index (Phi) is 5.48. The van der Waals surface area contributed by atoms with Crippen LogP contribution in [0.2, 0.25) is 10.0 Å². The highest BCUT2D eigenvalue weighted by Crippen LogP contribution is 2.31. The minimum atomic E-state index is -2.21. The average molecular weight is 425 g/mol. The highest BCUT2D eigenvalue weighted by Gasteiger charge is 2.31. The number of anilines is 1. The molecule has 0 N–H and O–H groups in total. The fourth-order valence-electron chi connectivity index (χ4n) is 2.82. The lowest BCUT2D eigenvalue weighted by molar-refractivity contribution is 0.0746. The van der Waals surface area contributed by atoms with Gasteiger partial charge in [-0.3, -0.25) is 4.79 Å². The molecule has 1 heterocycles. The van der Waals surface area contributed by atoms with E-state index in [9.17, 15) is 26.7 Å². The molecule has 10 heteroatoms. The van der Waals surface area contributed by atoms with Gasteiger partial charge < -0.3 is 9.80 Å². The van der Waals surface area contributed by atoms with Crippen LogP contribution in [0, 0.1) is 29.1 Å². The lowest BCUT2D eigenvalue weighted by Crippen LogP contribution is -2.49. The lowest BCUT2D eigenvalue weighted by Gasteiger charge is -2.36. The highest BCUT2D eigenvalue weighted by atomic mass is 35.5. The van der Waals surface area contributed by atoms with Gasteiger partial charge in [0.2, 0.25) is 5.82 Å². The molecule has 1 fully saturated rings. The smallest absolute Gasteiger partial charge is 0.254 e. The maximum absolute atomic E-state index is 13.9. The molecule has 1 amide bonds. The predicted octanol–water partition coefficient (Wildman–Crippen LogP) is 4.65. The van der Waals surface area contributed by atoms with E-state index in [0.29, 0.717) is 0 Å². The van der Waals surface area contributed by atoms with Gasteiger partial charge in [-0.05, 0) is 18.2 Å². The predicted molar refractivity (Wildman–Crippen MR) is 90.8 cm³/mol. The Balaban J connectivity index is 1.78. The van der Waals surface area contributed by atoms with E-state index < -0.39 is 34.8 Å². The van der Waals surface area contributed by atoms with Crippen molar-refractivity contribution in [3.63, 3.8) is 0 Å². The van der Waals surface area contributed by atoms with Crippen LogP contribution in [0.25, 0.3) is 0 Å². The van der Waals surface area contributed by atoms with Crippen LogP contribution in [-0.2, 0) is 0 Å². The van der Waals surface area contributed by atoms with Crippen LogP contribution in [-0.4, -0.2) is 37.0 Å². The normalized spacial score (nSPS) is 14.6. The zero-order valence-corrected chi connectivity index (χ0v) is 15.0. The van der Waals surface area contributed by atoms with E-state index in [2.05, 4.69) is 0 Å². The van der Waals surface area contributed by atoms with E-state index in [4.69, 9.17) is 23.2 Å². The van der Waals surface area contributed by atoms with Crippen molar-refractivity contribution >= 4 is 34.8 Å². The fourth-order valence-corrected chi connectivity index (χ4v) is 3.11. The number of nitrogens with zero attached hydrogens (tertiary/aromatic N) is 2. The van der Waals surface area contributed by atoms with Crippen LogP contribution in [0.15, 0.2) is 18.2 Å². The Morgan fingerprint density at radius 1 is 0.778 bits per heavy atom. The molecule has 0 saturated carbocycles. The molecular formula is C17H11Cl2F5N2O. The molecule has 1 aliphatic heterocycles. The molecule has 1 aliphatic rings. The topological polar surface area (TPSA) is 23.6 Å². The summed E-state index contributed by atoms with van der Waals surface area (Å²) in [5.74, 6) is -10.4. The Labute approximate surface area is 160 Å². The van der Waals surface area contributed by atoms with Crippen molar-refractivity contribution in [2.24, 2.45) is 0 Å². The second-order valence-electron chi connectivity index (χ2n) is 5.83. The molecule has 27 heavy (non-hydrogen) atoms. The van der Waals surface area contributed by atoms with Crippen LogP contribution in [0.3, 0.4) is 0 Å². The molecule has 0 aliphatic carbocycles. The van der Waals surface area contributed by atoms with Crippen LogP contribution < -0.4 is 4.90 Å². The third kappa shape index (κ3) is 3.55. The number of hydrogen-bond acceptors (Lipinski definition) is 2. The van der Waals surface area contributed by atoms with E-state index in [1.807, 2.05) is 0 Å². The van der Waals surface area contributed by atoms with E-state index in [1.165, 1.54) is 23.1 Å². The third-order valence-electron chi connectivity index (χ3n) is 4.24. The number of halogens is 7. The van der Waals surface area contributed by atoms with Crippen molar-refractivity contribution in [1.29, 1.82) is 0 Å². The molecule has 3 rings (SSSR count). The molecule has 3 nitrogen and oxygen atoms in total. The summed E-state index contributed by atoms with van der Waals surface area (Å²) in [6.45, 7) is -0.159. The van der Waals surface area contributed by atoms with Crippen LogP contribution in [0.4, 0.5) is 27.6 Å². The monoisotopic (exact) mass is 424 g/mol. The summed E-state index contributed by atoms with van der Waals surface area (Å²) >= 11 is 11.7. The van der Waals surface area contributed by atoms with Crippen LogP contribution in [0.1, 0.15) is 10.4 Å². The van der Waals surface area contributed by atoms with Crippen LogP contribution in [0.5, 0.6) is 0 Å². The van der Waals surface area contributed by atoms with Gasteiger partial charge in [0.05, 0.1) is 10.0 Å². The van der Waals surface area contributed by atoms with Crippen molar-refractivity contribution in [2.45, 2.75) is 0 Å². The maximum atomic E-state index is 13.9. The Morgan fingerprint density at radius 3 is 1.81 bits per heavy atom. The molecule has 0 spiro atoms. The first kappa shape index (κ1) is 19.7. The summed E-state index contributed by atoms with van der Waals surface area (Å²) in [7, 11) is 0. The minimum absolute atomic E-state index is 0.0264. The van der Waals surface area contributed by atoms with E-state index in [0.717, 1.165) is 4.90 Å². The number of benzene rings is 2. The number of rotatable bonds is 2. The van der Waals surface area contributed by atoms with Gasteiger partial charge in [-0.15, -0.1) is 0 Å². The number of carbonyl (C=O) groups excluding carboxylic acids is 1. The standard InChI is InChI=1S/C17H11Cl2F5N2O/c18-9-2-1-8(7-10(9)19)17(27)26-5-3-25(4-6-26)16-14(23)12(21)11(20)13(22)15(16)24/h1-2,7H,3-6H2. The zero-order chi connectivity index (χ0) is 19.9. The summed E-state index contributed by atoms with van der Waals surface area (Å²) in [5.41, 5.74) is -0.720. The molecular weight excluding hydrogens is 414 g/mol. The van der Waals surface area contributed by atoms with Gasteiger partial charge in [-0.25, -0.2) is 22.0 Å². The van der Waals surface area contributed by atoms with Gasteiger partial charge in [0.25, 0.3) is 5.91 Å². The number of piperazine rings is 1. The van der Waals surface area contributed by atoms with Gasteiger partial charge in [0.1, 0.15) is 5.69 Å². The van der Waals surface area contributed by atoms with Crippen molar-refractivity contribution in [3.05, 3.63) is 62.9 Å². The van der Waals surface area contributed by atoms with Gasteiger partial charge >= 0.3 is 0 Å². The summed E-state index contributed by atoms with van der Waals surface area (Å²) in [6, 6.07) is 4.33.